The second-order valence-electron chi connectivity index (χ2n) is 6.32. The highest BCUT2D eigenvalue weighted by atomic mass is 16.5. The molecule has 1 aliphatic carbocycles. The van der Waals surface area contributed by atoms with Crippen LogP contribution in [-0.4, -0.2) is 14.2 Å². The second kappa shape index (κ2) is 6.17. The van der Waals surface area contributed by atoms with E-state index in [1.165, 1.54) is 48.8 Å². The lowest BCUT2D eigenvalue weighted by Crippen LogP contribution is -2.34. The summed E-state index contributed by atoms with van der Waals surface area (Å²) in [5, 5.41) is 3.62. The van der Waals surface area contributed by atoms with Gasteiger partial charge in [-0.1, -0.05) is 25.8 Å². The molecule has 1 aromatic carbocycles. The zero-order valence-corrected chi connectivity index (χ0v) is 13.7. The SMILES string of the molecule is CCC1(C(NC)c2cc(C)c(OC)cc2C)CCCC1. The van der Waals surface area contributed by atoms with Crippen LogP contribution >= 0.6 is 0 Å². The highest BCUT2D eigenvalue weighted by Gasteiger charge is 2.40. The predicted octanol–water partition coefficient (Wildman–Crippen LogP) is 4.54. The molecular formula is C18H29NO. The summed E-state index contributed by atoms with van der Waals surface area (Å²) < 4.78 is 5.45. The fourth-order valence-corrected chi connectivity index (χ4v) is 4.06. The molecule has 0 amide bonds. The van der Waals surface area contributed by atoms with Crippen molar-refractivity contribution in [3.8, 4) is 5.75 Å². The van der Waals surface area contributed by atoms with E-state index in [1.807, 2.05) is 0 Å². The molecule has 2 rings (SSSR count). The Bertz CT molecular complexity index is 461. The first-order valence-electron chi connectivity index (χ1n) is 7.90. The van der Waals surface area contributed by atoms with E-state index in [0.717, 1.165) is 5.75 Å². The first-order chi connectivity index (χ1) is 9.57. The van der Waals surface area contributed by atoms with Crippen molar-refractivity contribution in [3.05, 3.63) is 28.8 Å². The predicted molar refractivity (Wildman–Crippen MR) is 85.5 cm³/mol. The van der Waals surface area contributed by atoms with Gasteiger partial charge in [0.2, 0.25) is 0 Å². The molecule has 1 atom stereocenters. The second-order valence-corrected chi connectivity index (χ2v) is 6.32. The summed E-state index contributed by atoms with van der Waals surface area (Å²) >= 11 is 0. The zero-order chi connectivity index (χ0) is 14.8. The van der Waals surface area contributed by atoms with Crippen LogP contribution in [0.2, 0.25) is 0 Å². The van der Waals surface area contributed by atoms with Crippen molar-refractivity contribution in [1.82, 2.24) is 5.32 Å². The van der Waals surface area contributed by atoms with Gasteiger partial charge in [-0.25, -0.2) is 0 Å². The Balaban J connectivity index is 2.44. The maximum absolute atomic E-state index is 5.45. The van der Waals surface area contributed by atoms with Gasteiger partial charge < -0.3 is 10.1 Å². The Morgan fingerprint density at radius 1 is 1.20 bits per heavy atom. The molecule has 1 fully saturated rings. The van der Waals surface area contributed by atoms with Gasteiger partial charge in [0.1, 0.15) is 5.75 Å². The van der Waals surface area contributed by atoms with E-state index in [4.69, 9.17) is 4.74 Å². The Kier molecular flexibility index (Phi) is 4.74. The fraction of sp³-hybridized carbons (Fsp3) is 0.667. The lowest BCUT2D eigenvalue weighted by atomic mass is 9.72. The molecule has 0 bridgehead atoms. The van der Waals surface area contributed by atoms with E-state index < -0.39 is 0 Å². The van der Waals surface area contributed by atoms with Crippen LogP contribution in [0.15, 0.2) is 12.1 Å². The van der Waals surface area contributed by atoms with Gasteiger partial charge in [0, 0.05) is 6.04 Å². The minimum Gasteiger partial charge on any atom is -0.496 e. The molecule has 0 aliphatic heterocycles. The van der Waals surface area contributed by atoms with Crippen LogP contribution in [0.5, 0.6) is 5.75 Å². The monoisotopic (exact) mass is 275 g/mol. The van der Waals surface area contributed by atoms with Crippen LogP contribution < -0.4 is 10.1 Å². The third-order valence-corrected chi connectivity index (χ3v) is 5.30. The van der Waals surface area contributed by atoms with Crippen molar-refractivity contribution >= 4 is 0 Å². The Hall–Kier alpha value is -1.02. The van der Waals surface area contributed by atoms with Crippen molar-refractivity contribution in [1.29, 1.82) is 0 Å². The third kappa shape index (κ3) is 2.58. The number of ether oxygens (including phenoxy) is 1. The van der Waals surface area contributed by atoms with Crippen molar-refractivity contribution in [2.75, 3.05) is 14.2 Å². The van der Waals surface area contributed by atoms with Crippen LogP contribution in [0, 0.1) is 19.3 Å². The standard InChI is InChI=1S/C18H29NO/c1-6-18(9-7-8-10-18)17(19-4)15-11-14(3)16(20-5)12-13(15)2/h11-12,17,19H,6-10H2,1-5H3. The third-order valence-electron chi connectivity index (χ3n) is 5.30. The van der Waals surface area contributed by atoms with Gasteiger partial charge in [-0.2, -0.15) is 0 Å². The lowest BCUT2D eigenvalue weighted by Gasteiger charge is -2.38. The Labute approximate surface area is 123 Å². The molecule has 20 heavy (non-hydrogen) atoms. The molecule has 1 N–H and O–H groups in total. The van der Waals surface area contributed by atoms with E-state index in [1.54, 1.807) is 7.11 Å². The molecule has 112 valence electrons. The van der Waals surface area contributed by atoms with Gasteiger partial charge in [0.05, 0.1) is 7.11 Å². The molecule has 0 spiro atoms. The minimum absolute atomic E-state index is 0.431. The average molecular weight is 275 g/mol. The van der Waals surface area contributed by atoms with E-state index >= 15 is 0 Å². The van der Waals surface area contributed by atoms with Gasteiger partial charge in [-0.05, 0) is 68.3 Å². The number of methoxy groups -OCH3 is 1. The number of hydrogen-bond donors (Lipinski definition) is 1. The maximum Gasteiger partial charge on any atom is 0.122 e. The first kappa shape index (κ1) is 15.4. The molecule has 0 aromatic heterocycles. The van der Waals surface area contributed by atoms with Crippen molar-refractivity contribution in [2.24, 2.45) is 5.41 Å². The summed E-state index contributed by atoms with van der Waals surface area (Å²) in [5.74, 6) is 0.998. The summed E-state index contributed by atoms with van der Waals surface area (Å²) in [7, 11) is 3.86. The van der Waals surface area contributed by atoms with E-state index in [0.29, 0.717) is 11.5 Å². The van der Waals surface area contributed by atoms with Gasteiger partial charge >= 0.3 is 0 Å². The van der Waals surface area contributed by atoms with Crippen molar-refractivity contribution < 1.29 is 4.74 Å². The molecule has 2 nitrogen and oxygen atoms in total. The normalized spacial score (nSPS) is 19.1. The Morgan fingerprint density at radius 2 is 1.85 bits per heavy atom. The highest BCUT2D eigenvalue weighted by Crippen LogP contribution is 2.50. The molecule has 1 aliphatic rings. The molecule has 1 unspecified atom stereocenters. The van der Waals surface area contributed by atoms with Crippen LogP contribution in [0.25, 0.3) is 0 Å². The van der Waals surface area contributed by atoms with Crippen molar-refractivity contribution in [2.45, 2.75) is 58.9 Å². The molecule has 1 aromatic rings. The summed E-state index contributed by atoms with van der Waals surface area (Å²) in [6, 6.07) is 4.97. The molecule has 0 radical (unpaired) electrons. The summed E-state index contributed by atoms with van der Waals surface area (Å²) in [5.41, 5.74) is 4.46. The average Bonchev–Trinajstić information content (AvgIpc) is 2.93. The van der Waals surface area contributed by atoms with E-state index in [2.05, 4.69) is 45.3 Å². The fourth-order valence-electron chi connectivity index (χ4n) is 4.06. The van der Waals surface area contributed by atoms with Gasteiger partial charge in [0.25, 0.3) is 0 Å². The van der Waals surface area contributed by atoms with E-state index in [-0.39, 0.29) is 0 Å². The lowest BCUT2D eigenvalue weighted by molar-refractivity contribution is 0.194. The smallest absolute Gasteiger partial charge is 0.122 e. The van der Waals surface area contributed by atoms with E-state index in [9.17, 15) is 0 Å². The molecular weight excluding hydrogens is 246 g/mol. The molecule has 2 heteroatoms. The summed E-state index contributed by atoms with van der Waals surface area (Å²) in [4.78, 5) is 0. The highest BCUT2D eigenvalue weighted by molar-refractivity contribution is 5.43. The number of aryl methyl sites for hydroxylation is 2. The topological polar surface area (TPSA) is 21.3 Å². The van der Waals surface area contributed by atoms with Crippen LogP contribution in [0.4, 0.5) is 0 Å². The number of nitrogens with one attached hydrogen (secondary N) is 1. The number of rotatable bonds is 5. The van der Waals surface area contributed by atoms with Gasteiger partial charge in [-0.15, -0.1) is 0 Å². The van der Waals surface area contributed by atoms with Crippen LogP contribution in [0.3, 0.4) is 0 Å². The van der Waals surface area contributed by atoms with Crippen LogP contribution in [-0.2, 0) is 0 Å². The molecule has 0 saturated heterocycles. The molecule has 0 heterocycles. The maximum atomic E-state index is 5.45. The zero-order valence-electron chi connectivity index (χ0n) is 13.7. The van der Waals surface area contributed by atoms with Gasteiger partial charge in [0.15, 0.2) is 0 Å². The van der Waals surface area contributed by atoms with Crippen LogP contribution in [0.1, 0.15) is 61.8 Å². The molecule has 1 saturated carbocycles. The van der Waals surface area contributed by atoms with Crippen molar-refractivity contribution in [3.63, 3.8) is 0 Å². The number of hydrogen-bond acceptors (Lipinski definition) is 2. The van der Waals surface area contributed by atoms with Gasteiger partial charge in [-0.3, -0.25) is 0 Å². The summed E-state index contributed by atoms with van der Waals surface area (Å²) in [6.45, 7) is 6.70. The summed E-state index contributed by atoms with van der Waals surface area (Å²) in [6.07, 6.45) is 6.70. The largest absolute Gasteiger partial charge is 0.496 e. The minimum atomic E-state index is 0.431. The number of benzene rings is 1. The first-order valence-corrected chi connectivity index (χ1v) is 7.90. The quantitative estimate of drug-likeness (QED) is 0.851. The Morgan fingerprint density at radius 3 is 2.35 bits per heavy atom.